The van der Waals surface area contributed by atoms with Gasteiger partial charge in [-0.2, -0.15) is 0 Å². The van der Waals surface area contributed by atoms with Crippen molar-refractivity contribution in [3.05, 3.63) is 33.8 Å². The van der Waals surface area contributed by atoms with Gasteiger partial charge in [-0.15, -0.1) is 0 Å². The first-order chi connectivity index (χ1) is 7.46. The molecule has 1 aromatic carbocycles. The van der Waals surface area contributed by atoms with Crippen LogP contribution in [0.2, 0.25) is 10.0 Å². The Morgan fingerprint density at radius 3 is 2.31 bits per heavy atom. The predicted molar refractivity (Wildman–Crippen MR) is 75.8 cm³/mol. The highest BCUT2D eigenvalue weighted by atomic mass is 79.9. The second kappa shape index (κ2) is 6.25. The molecule has 0 unspecified atom stereocenters. The molecule has 0 fully saturated rings. The Morgan fingerprint density at radius 1 is 1.25 bits per heavy atom. The fourth-order valence-electron chi connectivity index (χ4n) is 1.35. The van der Waals surface area contributed by atoms with Gasteiger partial charge in [-0.1, -0.05) is 45.2 Å². The van der Waals surface area contributed by atoms with Crippen LogP contribution in [0, 0.1) is 0 Å². The Bertz CT molecular complexity index is 333. The molecule has 0 heterocycles. The van der Waals surface area contributed by atoms with Crippen molar-refractivity contribution in [2.75, 3.05) is 5.33 Å². The monoisotopic (exact) mass is 323 g/mol. The van der Waals surface area contributed by atoms with Gasteiger partial charge in [0.05, 0.1) is 0 Å². The number of hydrogen-bond acceptors (Lipinski definition) is 1. The molecule has 0 bridgehead atoms. The highest BCUT2D eigenvalue weighted by Gasteiger charge is 2.17. The van der Waals surface area contributed by atoms with Crippen molar-refractivity contribution in [3.63, 3.8) is 0 Å². The number of halogens is 3. The molecule has 1 rings (SSSR count). The summed E-state index contributed by atoms with van der Waals surface area (Å²) in [4.78, 5) is 0. The lowest BCUT2D eigenvalue weighted by Gasteiger charge is -2.26. The van der Waals surface area contributed by atoms with Gasteiger partial charge < -0.3 is 5.32 Å². The standard InChI is InChI=1S/C12H16BrCl2N/c1-12(2,6-7-13)16-8-9-10(14)4-3-5-11(9)15/h3-5,16H,6-8H2,1-2H3. The zero-order valence-electron chi connectivity index (χ0n) is 9.49. The largest absolute Gasteiger partial charge is 0.308 e. The summed E-state index contributed by atoms with van der Waals surface area (Å²) in [7, 11) is 0. The average molecular weight is 325 g/mol. The van der Waals surface area contributed by atoms with Crippen molar-refractivity contribution < 1.29 is 0 Å². The fourth-order valence-corrected chi connectivity index (χ4v) is 2.88. The maximum Gasteiger partial charge on any atom is 0.0465 e. The van der Waals surface area contributed by atoms with Gasteiger partial charge in [-0.3, -0.25) is 0 Å². The minimum absolute atomic E-state index is 0.0754. The first-order valence-corrected chi connectivity index (χ1v) is 7.08. The molecule has 0 aliphatic rings. The van der Waals surface area contributed by atoms with Gasteiger partial charge in [0.1, 0.15) is 0 Å². The van der Waals surface area contributed by atoms with Crippen molar-refractivity contribution in [1.82, 2.24) is 5.32 Å². The Balaban J connectivity index is 2.68. The highest BCUT2D eigenvalue weighted by Crippen LogP contribution is 2.25. The Hall–Kier alpha value is 0.240. The van der Waals surface area contributed by atoms with Gasteiger partial charge in [0.15, 0.2) is 0 Å². The molecule has 0 spiro atoms. The molecule has 0 aliphatic carbocycles. The van der Waals surface area contributed by atoms with Gasteiger partial charge in [-0.05, 0) is 32.4 Å². The smallest absolute Gasteiger partial charge is 0.0465 e. The summed E-state index contributed by atoms with van der Waals surface area (Å²) in [5, 5.41) is 5.87. The summed E-state index contributed by atoms with van der Waals surface area (Å²) < 4.78 is 0. The molecule has 90 valence electrons. The summed E-state index contributed by atoms with van der Waals surface area (Å²) >= 11 is 15.7. The average Bonchev–Trinajstić information content (AvgIpc) is 2.16. The predicted octanol–water partition coefficient (Wildman–Crippen LogP) is 4.65. The summed E-state index contributed by atoms with van der Waals surface area (Å²) in [6.45, 7) is 5.02. The van der Waals surface area contributed by atoms with Gasteiger partial charge in [0.25, 0.3) is 0 Å². The van der Waals surface area contributed by atoms with E-state index in [1.54, 1.807) is 0 Å². The van der Waals surface area contributed by atoms with E-state index in [4.69, 9.17) is 23.2 Å². The van der Waals surface area contributed by atoms with E-state index in [1.165, 1.54) is 0 Å². The lowest BCUT2D eigenvalue weighted by molar-refractivity contribution is 0.378. The van der Waals surface area contributed by atoms with Crippen molar-refractivity contribution in [1.29, 1.82) is 0 Å². The molecule has 0 aromatic heterocycles. The Morgan fingerprint density at radius 2 is 1.81 bits per heavy atom. The number of hydrogen-bond donors (Lipinski definition) is 1. The van der Waals surface area contributed by atoms with E-state index < -0.39 is 0 Å². The highest BCUT2D eigenvalue weighted by molar-refractivity contribution is 9.09. The van der Waals surface area contributed by atoms with E-state index in [2.05, 4.69) is 35.1 Å². The molecule has 1 nitrogen and oxygen atoms in total. The van der Waals surface area contributed by atoms with E-state index in [1.807, 2.05) is 18.2 Å². The van der Waals surface area contributed by atoms with E-state index in [0.717, 1.165) is 27.4 Å². The molecule has 16 heavy (non-hydrogen) atoms. The van der Waals surface area contributed by atoms with Crippen LogP contribution < -0.4 is 5.32 Å². The second-order valence-corrected chi connectivity index (χ2v) is 5.98. The minimum atomic E-state index is 0.0754. The zero-order valence-corrected chi connectivity index (χ0v) is 12.6. The topological polar surface area (TPSA) is 12.0 Å². The molecule has 1 N–H and O–H groups in total. The summed E-state index contributed by atoms with van der Waals surface area (Å²) in [6, 6.07) is 5.58. The molecular formula is C12H16BrCl2N. The maximum absolute atomic E-state index is 6.10. The molecule has 0 radical (unpaired) electrons. The third kappa shape index (κ3) is 4.25. The number of nitrogens with one attached hydrogen (secondary N) is 1. The zero-order chi connectivity index (χ0) is 12.2. The summed E-state index contributed by atoms with van der Waals surface area (Å²) in [6.07, 6.45) is 1.05. The van der Waals surface area contributed by atoms with Gasteiger partial charge >= 0.3 is 0 Å². The molecule has 0 atom stereocenters. The number of alkyl halides is 1. The van der Waals surface area contributed by atoms with E-state index in [-0.39, 0.29) is 5.54 Å². The fraction of sp³-hybridized carbons (Fsp3) is 0.500. The van der Waals surface area contributed by atoms with Crippen LogP contribution in [0.5, 0.6) is 0 Å². The van der Waals surface area contributed by atoms with E-state index in [0.29, 0.717) is 6.54 Å². The van der Waals surface area contributed by atoms with Crippen LogP contribution in [0.15, 0.2) is 18.2 Å². The van der Waals surface area contributed by atoms with Crippen LogP contribution in [0.3, 0.4) is 0 Å². The first kappa shape index (κ1) is 14.3. The molecule has 0 saturated carbocycles. The molecule has 0 amide bonds. The molecule has 1 aromatic rings. The van der Waals surface area contributed by atoms with Gasteiger partial charge in [0, 0.05) is 33.0 Å². The third-order valence-corrected chi connectivity index (χ3v) is 3.63. The maximum atomic E-state index is 6.10. The van der Waals surface area contributed by atoms with Crippen molar-refractivity contribution >= 4 is 39.1 Å². The van der Waals surface area contributed by atoms with Crippen molar-refractivity contribution in [3.8, 4) is 0 Å². The van der Waals surface area contributed by atoms with Crippen LogP contribution in [0.1, 0.15) is 25.8 Å². The Labute approximate surface area is 116 Å². The summed E-state index contributed by atoms with van der Waals surface area (Å²) in [5.41, 5.74) is 1.04. The molecule has 0 saturated heterocycles. The van der Waals surface area contributed by atoms with Crippen LogP contribution in [-0.2, 0) is 6.54 Å². The van der Waals surface area contributed by atoms with Crippen LogP contribution in [-0.4, -0.2) is 10.9 Å². The lowest BCUT2D eigenvalue weighted by atomic mass is 10.0. The Kier molecular flexibility index (Phi) is 5.58. The SMILES string of the molecule is CC(C)(CCBr)NCc1c(Cl)cccc1Cl. The minimum Gasteiger partial charge on any atom is -0.308 e. The quantitative estimate of drug-likeness (QED) is 0.777. The lowest BCUT2D eigenvalue weighted by Crippen LogP contribution is -2.39. The van der Waals surface area contributed by atoms with Gasteiger partial charge in [0.2, 0.25) is 0 Å². The van der Waals surface area contributed by atoms with Crippen LogP contribution in [0.25, 0.3) is 0 Å². The van der Waals surface area contributed by atoms with Crippen LogP contribution >= 0.6 is 39.1 Å². The van der Waals surface area contributed by atoms with Crippen LogP contribution in [0.4, 0.5) is 0 Å². The van der Waals surface area contributed by atoms with Gasteiger partial charge in [-0.25, -0.2) is 0 Å². The summed E-state index contributed by atoms with van der Waals surface area (Å²) in [5.74, 6) is 0. The van der Waals surface area contributed by atoms with Crippen molar-refractivity contribution in [2.24, 2.45) is 0 Å². The third-order valence-electron chi connectivity index (χ3n) is 2.52. The molecule has 0 aliphatic heterocycles. The first-order valence-electron chi connectivity index (χ1n) is 5.20. The molecule has 4 heteroatoms. The van der Waals surface area contributed by atoms with Crippen molar-refractivity contribution in [2.45, 2.75) is 32.4 Å². The second-order valence-electron chi connectivity index (χ2n) is 4.38. The molecular weight excluding hydrogens is 309 g/mol. The number of benzene rings is 1. The normalized spacial score (nSPS) is 11.8. The number of rotatable bonds is 5. The van der Waals surface area contributed by atoms with E-state index >= 15 is 0 Å². The van der Waals surface area contributed by atoms with E-state index in [9.17, 15) is 0 Å².